The van der Waals surface area contributed by atoms with Crippen molar-refractivity contribution in [1.29, 1.82) is 0 Å². The van der Waals surface area contributed by atoms with Crippen LogP contribution in [-0.2, 0) is 30.5 Å². The highest BCUT2D eigenvalue weighted by atomic mass is 16.5. The topological polar surface area (TPSA) is 93.5 Å². The lowest BCUT2D eigenvalue weighted by molar-refractivity contribution is 0.0152. The van der Waals surface area contributed by atoms with Crippen LogP contribution in [0.3, 0.4) is 0 Å². The smallest absolute Gasteiger partial charge is 0.335 e. The number of ether oxygens (including phenoxy) is 1. The summed E-state index contributed by atoms with van der Waals surface area (Å²) in [6.07, 6.45) is 5.93. The van der Waals surface area contributed by atoms with E-state index in [2.05, 4.69) is 5.32 Å². The number of nitrogens with one attached hydrogen (secondary N) is 1. The minimum Gasteiger partial charge on any atom is -0.478 e. The van der Waals surface area contributed by atoms with Crippen LogP contribution < -0.4 is 5.32 Å². The van der Waals surface area contributed by atoms with Gasteiger partial charge in [0.05, 0.1) is 22.5 Å². The van der Waals surface area contributed by atoms with E-state index in [9.17, 15) is 14.7 Å². The van der Waals surface area contributed by atoms with E-state index in [1.54, 1.807) is 6.07 Å². The fourth-order valence-corrected chi connectivity index (χ4v) is 5.07. The van der Waals surface area contributed by atoms with Gasteiger partial charge in [0, 0.05) is 26.3 Å². The Balaban J connectivity index is 1.50. The van der Waals surface area contributed by atoms with Gasteiger partial charge in [0.25, 0.3) is 5.91 Å². The van der Waals surface area contributed by atoms with Crippen molar-refractivity contribution < 1.29 is 19.4 Å². The molecule has 3 heterocycles. The number of aryl methyl sites for hydroxylation is 4. The Morgan fingerprint density at radius 1 is 1.28 bits per heavy atom. The summed E-state index contributed by atoms with van der Waals surface area (Å²) in [5.41, 5.74) is 5.07. The van der Waals surface area contributed by atoms with Gasteiger partial charge < -0.3 is 15.2 Å². The van der Waals surface area contributed by atoms with Gasteiger partial charge in [-0.05, 0) is 68.9 Å². The molecule has 0 radical (unpaired) electrons. The third kappa shape index (κ3) is 4.58. The van der Waals surface area contributed by atoms with Crippen molar-refractivity contribution in [3.05, 3.63) is 51.8 Å². The van der Waals surface area contributed by atoms with Crippen molar-refractivity contribution in [3.63, 3.8) is 0 Å². The molecule has 1 fully saturated rings. The summed E-state index contributed by atoms with van der Waals surface area (Å²) < 4.78 is 7.63. The molecule has 0 bridgehead atoms. The van der Waals surface area contributed by atoms with Gasteiger partial charge in [-0.15, -0.1) is 0 Å². The maximum absolute atomic E-state index is 12.9. The molecule has 0 aliphatic carbocycles. The second kappa shape index (κ2) is 9.45. The largest absolute Gasteiger partial charge is 0.478 e. The van der Waals surface area contributed by atoms with Gasteiger partial charge in [0.1, 0.15) is 0 Å². The second-order valence-corrected chi connectivity index (χ2v) is 9.24. The zero-order valence-corrected chi connectivity index (χ0v) is 19.1. The first-order valence-electron chi connectivity index (χ1n) is 11.7. The van der Waals surface area contributed by atoms with Gasteiger partial charge in [-0.2, -0.15) is 5.10 Å². The maximum atomic E-state index is 12.9. The first-order valence-corrected chi connectivity index (χ1v) is 11.7. The summed E-state index contributed by atoms with van der Waals surface area (Å²) in [6.45, 7) is 6.93. The Hall–Kier alpha value is -2.67. The third-order valence-corrected chi connectivity index (χ3v) is 6.97. The summed E-state index contributed by atoms with van der Waals surface area (Å²) in [5.74, 6) is -0.880. The van der Waals surface area contributed by atoms with Gasteiger partial charge in [-0.3, -0.25) is 9.48 Å². The van der Waals surface area contributed by atoms with Crippen LogP contribution in [0.25, 0.3) is 0 Å². The molecule has 2 aliphatic rings. The summed E-state index contributed by atoms with van der Waals surface area (Å²) >= 11 is 0. The van der Waals surface area contributed by atoms with E-state index in [1.807, 2.05) is 30.7 Å². The lowest BCUT2D eigenvalue weighted by Crippen LogP contribution is -2.40. The molecule has 2 N–H and O–H groups in total. The molecule has 0 unspecified atom stereocenters. The molecule has 1 spiro atoms. The standard InChI is InChI=1S/C25H33N3O4/c1-3-20-22-21(15-25(16-26-23(22)29)9-12-32-13-10-25)28(27-20)11-5-4-6-18-14-17(2)7-8-19(18)24(30)31/h7-8,14H,3-6,9-13,15-16H2,1-2H3,(H,26,29)(H,30,31). The molecule has 7 nitrogen and oxygen atoms in total. The van der Waals surface area contributed by atoms with E-state index in [4.69, 9.17) is 9.84 Å². The number of aromatic carboxylic acids is 1. The lowest BCUT2D eigenvalue weighted by atomic mass is 9.76. The number of carboxylic acids is 1. The number of benzene rings is 1. The van der Waals surface area contributed by atoms with Gasteiger partial charge in [0.15, 0.2) is 0 Å². The molecule has 0 saturated carbocycles. The molecule has 7 heteroatoms. The molecule has 172 valence electrons. The molecule has 1 amide bonds. The highest BCUT2D eigenvalue weighted by molar-refractivity contribution is 5.97. The molecule has 32 heavy (non-hydrogen) atoms. The number of carboxylic acid groups (broad SMARTS) is 1. The van der Waals surface area contributed by atoms with Crippen LogP contribution in [0.1, 0.15) is 75.8 Å². The molecule has 1 aromatic carbocycles. The van der Waals surface area contributed by atoms with Crippen LogP contribution >= 0.6 is 0 Å². The number of aromatic nitrogens is 2. The predicted molar refractivity (Wildman–Crippen MR) is 121 cm³/mol. The van der Waals surface area contributed by atoms with Crippen molar-refractivity contribution in [1.82, 2.24) is 15.1 Å². The first-order chi connectivity index (χ1) is 15.4. The normalized spacial score (nSPS) is 17.6. The third-order valence-electron chi connectivity index (χ3n) is 6.97. The molecular formula is C25H33N3O4. The minimum atomic E-state index is -0.877. The van der Waals surface area contributed by atoms with Gasteiger partial charge in [0.2, 0.25) is 0 Å². The van der Waals surface area contributed by atoms with Crippen molar-refractivity contribution in [2.75, 3.05) is 19.8 Å². The van der Waals surface area contributed by atoms with Crippen molar-refractivity contribution >= 4 is 11.9 Å². The Kier molecular flexibility index (Phi) is 6.65. The van der Waals surface area contributed by atoms with Crippen LogP contribution in [0.5, 0.6) is 0 Å². The van der Waals surface area contributed by atoms with Crippen LogP contribution in [0, 0.1) is 12.3 Å². The van der Waals surface area contributed by atoms with Crippen LogP contribution in [0.2, 0.25) is 0 Å². The Morgan fingerprint density at radius 3 is 2.78 bits per heavy atom. The van der Waals surface area contributed by atoms with Crippen LogP contribution in [-0.4, -0.2) is 46.5 Å². The predicted octanol–water partition coefficient (Wildman–Crippen LogP) is 3.56. The number of nitrogens with zero attached hydrogens (tertiary/aromatic N) is 2. The fraction of sp³-hybridized carbons (Fsp3) is 0.560. The van der Waals surface area contributed by atoms with Gasteiger partial charge >= 0.3 is 5.97 Å². The van der Waals surface area contributed by atoms with Crippen molar-refractivity contribution in [2.24, 2.45) is 5.41 Å². The highest BCUT2D eigenvalue weighted by Crippen LogP contribution is 2.37. The number of hydrogen-bond donors (Lipinski definition) is 2. The number of amides is 1. The molecule has 0 atom stereocenters. The number of carbonyl (C=O) groups excluding carboxylic acids is 1. The summed E-state index contributed by atoms with van der Waals surface area (Å²) in [5, 5.41) is 17.4. The average molecular weight is 440 g/mol. The average Bonchev–Trinajstić information content (AvgIpc) is 3.05. The lowest BCUT2D eigenvalue weighted by Gasteiger charge is -2.36. The number of carbonyl (C=O) groups is 2. The molecular weight excluding hydrogens is 406 g/mol. The quantitative estimate of drug-likeness (QED) is 0.644. The zero-order valence-electron chi connectivity index (χ0n) is 19.1. The van der Waals surface area contributed by atoms with Crippen molar-refractivity contribution in [3.8, 4) is 0 Å². The van der Waals surface area contributed by atoms with Crippen LogP contribution in [0.4, 0.5) is 0 Å². The zero-order chi connectivity index (χ0) is 22.7. The number of hydrogen-bond acceptors (Lipinski definition) is 4. The minimum absolute atomic E-state index is 0.00247. The SMILES string of the molecule is CCc1nn(CCCCc2cc(C)ccc2C(=O)O)c2c1C(=O)NCC1(CCOCC1)C2. The summed E-state index contributed by atoms with van der Waals surface area (Å²) in [7, 11) is 0. The number of unbranched alkanes of at least 4 members (excludes halogenated alkanes) is 1. The molecule has 4 rings (SSSR count). The molecule has 2 aliphatic heterocycles. The molecule has 1 aromatic heterocycles. The Bertz CT molecular complexity index is 1000. The Morgan fingerprint density at radius 2 is 2.06 bits per heavy atom. The first kappa shape index (κ1) is 22.5. The fourth-order valence-electron chi connectivity index (χ4n) is 5.07. The van der Waals surface area contributed by atoms with E-state index in [0.29, 0.717) is 12.1 Å². The van der Waals surface area contributed by atoms with E-state index >= 15 is 0 Å². The Labute approximate surface area is 189 Å². The van der Waals surface area contributed by atoms with Gasteiger partial charge in [-0.1, -0.05) is 24.6 Å². The number of rotatable bonds is 7. The molecule has 2 aromatic rings. The summed E-state index contributed by atoms with van der Waals surface area (Å²) in [4.78, 5) is 24.5. The summed E-state index contributed by atoms with van der Waals surface area (Å²) in [6, 6.07) is 5.51. The highest BCUT2D eigenvalue weighted by Gasteiger charge is 2.39. The van der Waals surface area contributed by atoms with E-state index in [0.717, 1.165) is 92.8 Å². The van der Waals surface area contributed by atoms with Crippen molar-refractivity contribution in [2.45, 2.75) is 65.3 Å². The van der Waals surface area contributed by atoms with Gasteiger partial charge in [-0.25, -0.2) is 4.79 Å². The van der Waals surface area contributed by atoms with E-state index in [-0.39, 0.29) is 11.3 Å². The maximum Gasteiger partial charge on any atom is 0.335 e. The second-order valence-electron chi connectivity index (χ2n) is 9.24. The van der Waals surface area contributed by atoms with E-state index in [1.165, 1.54) is 0 Å². The molecule has 1 saturated heterocycles. The van der Waals surface area contributed by atoms with Crippen LogP contribution in [0.15, 0.2) is 18.2 Å². The monoisotopic (exact) mass is 439 g/mol. The number of fused-ring (bicyclic) bond motifs is 1. The van der Waals surface area contributed by atoms with E-state index < -0.39 is 5.97 Å².